The van der Waals surface area contributed by atoms with Gasteiger partial charge in [-0.05, 0) is 40.6 Å². The number of nitrogens with one attached hydrogen (secondary N) is 1. The van der Waals surface area contributed by atoms with Crippen molar-refractivity contribution in [2.24, 2.45) is 0 Å². The van der Waals surface area contributed by atoms with Crippen molar-refractivity contribution in [1.29, 1.82) is 0 Å². The number of likely N-dealkylation sites (N-methyl/N-ethyl adjacent to an activating group) is 1. The van der Waals surface area contributed by atoms with Gasteiger partial charge in [0.05, 0.1) is 4.47 Å². The molecule has 0 aliphatic heterocycles. The lowest BCUT2D eigenvalue weighted by molar-refractivity contribution is 0.302. The summed E-state index contributed by atoms with van der Waals surface area (Å²) in [6.07, 6.45) is 0. The first-order valence-electron chi connectivity index (χ1n) is 6.05. The van der Waals surface area contributed by atoms with Gasteiger partial charge in [0.15, 0.2) is 0 Å². The SMILES string of the molecule is CCN(CC)CCNCc1cccc(F)c1Br. The van der Waals surface area contributed by atoms with Crippen molar-refractivity contribution >= 4 is 15.9 Å². The Labute approximate surface area is 111 Å². The molecule has 0 saturated heterocycles. The molecule has 0 aliphatic rings. The number of hydrogen-bond acceptors (Lipinski definition) is 2. The van der Waals surface area contributed by atoms with Gasteiger partial charge in [-0.15, -0.1) is 0 Å². The molecule has 0 aromatic heterocycles. The van der Waals surface area contributed by atoms with E-state index in [1.807, 2.05) is 6.07 Å². The second kappa shape index (κ2) is 7.80. The maximum atomic E-state index is 13.2. The topological polar surface area (TPSA) is 15.3 Å². The van der Waals surface area contributed by atoms with Gasteiger partial charge in [0.2, 0.25) is 0 Å². The van der Waals surface area contributed by atoms with Gasteiger partial charge in [-0.1, -0.05) is 26.0 Å². The Morgan fingerprint density at radius 1 is 1.29 bits per heavy atom. The summed E-state index contributed by atoms with van der Waals surface area (Å²) in [6, 6.07) is 5.13. The molecule has 1 rings (SSSR count). The zero-order valence-electron chi connectivity index (χ0n) is 10.5. The summed E-state index contributed by atoms with van der Waals surface area (Å²) in [6.45, 7) is 9.10. The molecule has 4 heteroatoms. The Morgan fingerprint density at radius 2 is 2.00 bits per heavy atom. The second-order valence-electron chi connectivity index (χ2n) is 3.92. The molecule has 0 bridgehead atoms. The van der Waals surface area contributed by atoms with Crippen molar-refractivity contribution in [3.63, 3.8) is 0 Å². The minimum Gasteiger partial charge on any atom is -0.311 e. The van der Waals surface area contributed by atoms with Crippen molar-refractivity contribution in [2.75, 3.05) is 26.2 Å². The molecule has 0 unspecified atom stereocenters. The second-order valence-corrected chi connectivity index (χ2v) is 4.71. The fourth-order valence-electron chi connectivity index (χ4n) is 1.69. The fraction of sp³-hybridized carbons (Fsp3) is 0.538. The molecule has 0 saturated carbocycles. The molecular weight excluding hydrogens is 283 g/mol. The summed E-state index contributed by atoms with van der Waals surface area (Å²) in [7, 11) is 0. The van der Waals surface area contributed by atoms with E-state index in [1.54, 1.807) is 6.07 Å². The monoisotopic (exact) mass is 302 g/mol. The molecule has 1 aromatic carbocycles. The summed E-state index contributed by atoms with van der Waals surface area (Å²) in [5.41, 5.74) is 0.963. The molecule has 17 heavy (non-hydrogen) atoms. The van der Waals surface area contributed by atoms with Gasteiger partial charge >= 0.3 is 0 Å². The van der Waals surface area contributed by atoms with Crippen LogP contribution in [-0.4, -0.2) is 31.1 Å². The molecule has 0 radical (unpaired) electrons. The highest BCUT2D eigenvalue weighted by Gasteiger charge is 2.04. The summed E-state index contributed by atoms with van der Waals surface area (Å²) in [5, 5.41) is 3.33. The molecule has 0 spiro atoms. The molecule has 1 aromatic rings. The van der Waals surface area contributed by atoms with Gasteiger partial charge < -0.3 is 10.2 Å². The predicted octanol–water partition coefficient (Wildman–Crippen LogP) is 3.02. The molecule has 0 aliphatic carbocycles. The zero-order valence-corrected chi connectivity index (χ0v) is 12.1. The number of hydrogen-bond donors (Lipinski definition) is 1. The molecule has 2 nitrogen and oxygen atoms in total. The Kier molecular flexibility index (Phi) is 6.70. The van der Waals surface area contributed by atoms with Crippen molar-refractivity contribution in [3.05, 3.63) is 34.1 Å². The van der Waals surface area contributed by atoms with E-state index in [-0.39, 0.29) is 5.82 Å². The molecule has 0 fully saturated rings. The highest BCUT2D eigenvalue weighted by Crippen LogP contribution is 2.19. The molecule has 0 atom stereocenters. The van der Waals surface area contributed by atoms with Crippen LogP contribution in [0.25, 0.3) is 0 Å². The average molecular weight is 303 g/mol. The Hall–Kier alpha value is -0.450. The van der Waals surface area contributed by atoms with E-state index in [2.05, 4.69) is 40.0 Å². The van der Waals surface area contributed by atoms with Gasteiger partial charge in [-0.2, -0.15) is 0 Å². The lowest BCUT2D eigenvalue weighted by Crippen LogP contribution is -2.31. The van der Waals surface area contributed by atoms with Crippen LogP contribution >= 0.6 is 15.9 Å². The smallest absolute Gasteiger partial charge is 0.137 e. The predicted molar refractivity (Wildman–Crippen MR) is 73.6 cm³/mol. The molecule has 0 heterocycles. The summed E-state index contributed by atoms with van der Waals surface area (Å²) < 4.78 is 13.8. The third-order valence-electron chi connectivity index (χ3n) is 2.85. The molecular formula is C13H20BrFN2. The van der Waals surface area contributed by atoms with Crippen LogP contribution in [0.4, 0.5) is 4.39 Å². The van der Waals surface area contributed by atoms with Crippen molar-refractivity contribution in [3.8, 4) is 0 Å². The zero-order chi connectivity index (χ0) is 12.7. The largest absolute Gasteiger partial charge is 0.311 e. The van der Waals surface area contributed by atoms with Crippen LogP contribution < -0.4 is 5.32 Å². The Morgan fingerprint density at radius 3 is 2.65 bits per heavy atom. The van der Waals surface area contributed by atoms with Gasteiger partial charge in [-0.3, -0.25) is 0 Å². The van der Waals surface area contributed by atoms with E-state index in [9.17, 15) is 4.39 Å². The van der Waals surface area contributed by atoms with Gasteiger partial charge in [0, 0.05) is 19.6 Å². The number of nitrogens with zero attached hydrogens (tertiary/aromatic N) is 1. The lowest BCUT2D eigenvalue weighted by Gasteiger charge is -2.18. The first-order chi connectivity index (χ1) is 8.19. The maximum Gasteiger partial charge on any atom is 0.137 e. The van der Waals surface area contributed by atoms with Crippen LogP contribution in [0.15, 0.2) is 22.7 Å². The minimum atomic E-state index is -0.201. The average Bonchev–Trinajstić information content (AvgIpc) is 2.34. The quantitative estimate of drug-likeness (QED) is 0.779. The third-order valence-corrected chi connectivity index (χ3v) is 3.73. The maximum absolute atomic E-state index is 13.2. The van der Waals surface area contributed by atoms with Crippen LogP contribution in [0.1, 0.15) is 19.4 Å². The molecule has 96 valence electrons. The summed E-state index contributed by atoms with van der Waals surface area (Å²) >= 11 is 3.26. The number of rotatable bonds is 7. The van der Waals surface area contributed by atoms with Crippen molar-refractivity contribution < 1.29 is 4.39 Å². The van der Waals surface area contributed by atoms with E-state index >= 15 is 0 Å². The van der Waals surface area contributed by atoms with Gasteiger partial charge in [0.1, 0.15) is 5.82 Å². The fourth-order valence-corrected chi connectivity index (χ4v) is 2.09. The van der Waals surface area contributed by atoms with E-state index in [1.165, 1.54) is 6.07 Å². The van der Waals surface area contributed by atoms with Crippen molar-refractivity contribution in [2.45, 2.75) is 20.4 Å². The van der Waals surface area contributed by atoms with Crippen molar-refractivity contribution in [1.82, 2.24) is 10.2 Å². The highest BCUT2D eigenvalue weighted by atomic mass is 79.9. The summed E-state index contributed by atoms with van der Waals surface area (Å²) in [4.78, 5) is 2.35. The summed E-state index contributed by atoms with van der Waals surface area (Å²) in [5.74, 6) is -0.201. The number of benzene rings is 1. The molecule has 1 N–H and O–H groups in total. The number of halogens is 2. The van der Waals surface area contributed by atoms with E-state index in [0.29, 0.717) is 11.0 Å². The Bertz CT molecular complexity index is 340. The van der Waals surface area contributed by atoms with Crippen LogP contribution in [-0.2, 0) is 6.54 Å². The normalized spacial score (nSPS) is 11.1. The molecule has 0 amide bonds. The lowest BCUT2D eigenvalue weighted by atomic mass is 10.2. The van der Waals surface area contributed by atoms with E-state index in [0.717, 1.165) is 31.7 Å². The van der Waals surface area contributed by atoms with Gasteiger partial charge in [-0.25, -0.2) is 4.39 Å². The Balaban J connectivity index is 2.33. The first kappa shape index (κ1) is 14.6. The van der Waals surface area contributed by atoms with Crippen LogP contribution in [0, 0.1) is 5.82 Å². The first-order valence-corrected chi connectivity index (χ1v) is 6.84. The van der Waals surface area contributed by atoms with E-state index < -0.39 is 0 Å². The standard InChI is InChI=1S/C13H20BrFN2/c1-3-17(4-2)9-8-16-10-11-6-5-7-12(15)13(11)14/h5-7,16H,3-4,8-10H2,1-2H3. The van der Waals surface area contributed by atoms with E-state index in [4.69, 9.17) is 0 Å². The van der Waals surface area contributed by atoms with Crippen LogP contribution in [0.5, 0.6) is 0 Å². The van der Waals surface area contributed by atoms with Crippen LogP contribution in [0.2, 0.25) is 0 Å². The minimum absolute atomic E-state index is 0.201. The highest BCUT2D eigenvalue weighted by molar-refractivity contribution is 9.10. The van der Waals surface area contributed by atoms with Crippen LogP contribution in [0.3, 0.4) is 0 Å². The van der Waals surface area contributed by atoms with Gasteiger partial charge in [0.25, 0.3) is 0 Å². The third kappa shape index (κ3) is 4.74.